The summed E-state index contributed by atoms with van der Waals surface area (Å²) in [4.78, 5) is 16.4. The number of carbonyl (C=O) groups is 1. The second-order valence-corrected chi connectivity index (χ2v) is 6.03. The molecule has 0 aromatic carbocycles. The fraction of sp³-hybridized carbons (Fsp3) is 0.500. The highest BCUT2D eigenvalue weighted by Gasteiger charge is 2.33. The van der Waals surface area contributed by atoms with Gasteiger partial charge in [0.2, 0.25) is 0 Å². The second kappa shape index (κ2) is 6.26. The van der Waals surface area contributed by atoms with E-state index in [9.17, 15) is 4.79 Å². The smallest absolute Gasteiger partial charge is 0.317 e. The summed E-state index contributed by atoms with van der Waals surface area (Å²) in [7, 11) is 0. The molecule has 7 heteroatoms. The van der Waals surface area contributed by atoms with E-state index in [1.165, 1.54) is 11.3 Å². The molecule has 0 aliphatic rings. The van der Waals surface area contributed by atoms with Gasteiger partial charge in [-0.2, -0.15) is 0 Å². The molecule has 0 bridgehead atoms. The first-order chi connectivity index (χ1) is 9.93. The highest BCUT2D eigenvalue weighted by atomic mass is 32.1. The van der Waals surface area contributed by atoms with Gasteiger partial charge < -0.3 is 14.6 Å². The summed E-state index contributed by atoms with van der Waals surface area (Å²) in [5.41, 5.74) is 0.784. The van der Waals surface area contributed by atoms with Crippen LogP contribution in [-0.4, -0.2) is 22.7 Å². The molecule has 0 fully saturated rings. The van der Waals surface area contributed by atoms with Gasteiger partial charge in [0.25, 0.3) is 0 Å². The summed E-state index contributed by atoms with van der Waals surface area (Å²) in [6, 6.07) is 1.87. The maximum absolute atomic E-state index is 12.0. The molecular formula is C14H19N3O3S. The van der Waals surface area contributed by atoms with Crippen molar-refractivity contribution in [1.29, 1.82) is 0 Å². The third kappa shape index (κ3) is 3.60. The van der Waals surface area contributed by atoms with E-state index >= 15 is 0 Å². The highest BCUT2D eigenvalue weighted by molar-refractivity contribution is 7.13. The molecular weight excluding hydrogens is 290 g/mol. The Kier molecular flexibility index (Phi) is 4.62. The molecule has 6 nitrogen and oxygen atoms in total. The Balaban J connectivity index is 2.02. The first kappa shape index (κ1) is 15.5. The van der Waals surface area contributed by atoms with Crippen LogP contribution in [0.4, 0.5) is 5.13 Å². The van der Waals surface area contributed by atoms with Crippen molar-refractivity contribution in [3.8, 4) is 0 Å². The summed E-state index contributed by atoms with van der Waals surface area (Å²) in [6.07, 6.45) is 0. The number of hydrogen-bond donors (Lipinski definition) is 1. The lowest BCUT2D eigenvalue weighted by atomic mass is 9.90. The normalized spacial score (nSPS) is 11.4. The molecule has 0 saturated carbocycles. The molecule has 0 radical (unpaired) electrons. The molecule has 0 unspecified atom stereocenters. The van der Waals surface area contributed by atoms with Crippen LogP contribution >= 0.6 is 11.3 Å². The maximum Gasteiger partial charge on any atom is 0.317 e. The van der Waals surface area contributed by atoms with Crippen LogP contribution in [0.2, 0.25) is 0 Å². The van der Waals surface area contributed by atoms with Crippen molar-refractivity contribution in [1.82, 2.24) is 10.1 Å². The SMILES string of the molecule is CCOC(=O)C(C)(C)c1csc(NCc2cc(C)no2)n1. The van der Waals surface area contributed by atoms with E-state index in [0.29, 0.717) is 18.8 Å². The molecule has 0 saturated heterocycles. The van der Waals surface area contributed by atoms with Crippen molar-refractivity contribution < 1.29 is 14.1 Å². The molecule has 21 heavy (non-hydrogen) atoms. The fourth-order valence-electron chi connectivity index (χ4n) is 1.72. The number of ether oxygens (including phenoxy) is 1. The van der Waals surface area contributed by atoms with Crippen molar-refractivity contribution >= 4 is 22.4 Å². The van der Waals surface area contributed by atoms with Crippen LogP contribution in [0.15, 0.2) is 16.0 Å². The van der Waals surface area contributed by atoms with Crippen LogP contribution < -0.4 is 5.32 Å². The van der Waals surface area contributed by atoms with Crippen LogP contribution in [0, 0.1) is 6.92 Å². The van der Waals surface area contributed by atoms with Crippen LogP contribution in [0.3, 0.4) is 0 Å². The van der Waals surface area contributed by atoms with E-state index in [0.717, 1.165) is 16.6 Å². The average molecular weight is 309 g/mol. The van der Waals surface area contributed by atoms with Crippen LogP contribution in [0.5, 0.6) is 0 Å². The number of aromatic nitrogens is 2. The van der Waals surface area contributed by atoms with Gasteiger partial charge in [-0.05, 0) is 27.7 Å². The van der Waals surface area contributed by atoms with Crippen molar-refractivity contribution in [2.75, 3.05) is 11.9 Å². The van der Waals surface area contributed by atoms with Crippen molar-refractivity contribution in [3.05, 3.63) is 28.6 Å². The number of aryl methyl sites for hydroxylation is 1. The minimum atomic E-state index is -0.755. The number of rotatable bonds is 6. The summed E-state index contributed by atoms with van der Waals surface area (Å²) in [6.45, 7) is 8.15. The van der Waals surface area contributed by atoms with Gasteiger partial charge in [0.15, 0.2) is 10.9 Å². The Labute approximate surface area is 127 Å². The number of esters is 1. The van der Waals surface area contributed by atoms with Gasteiger partial charge in [-0.15, -0.1) is 11.3 Å². The van der Waals surface area contributed by atoms with Crippen LogP contribution in [0.25, 0.3) is 0 Å². The molecule has 1 N–H and O–H groups in total. The van der Waals surface area contributed by atoms with Gasteiger partial charge in [-0.3, -0.25) is 4.79 Å². The first-order valence-electron chi connectivity index (χ1n) is 6.72. The van der Waals surface area contributed by atoms with Gasteiger partial charge in [0.1, 0.15) is 5.41 Å². The predicted molar refractivity (Wildman–Crippen MR) is 80.3 cm³/mol. The van der Waals surface area contributed by atoms with Gasteiger partial charge >= 0.3 is 5.97 Å². The molecule has 0 spiro atoms. The van der Waals surface area contributed by atoms with Gasteiger partial charge in [-0.25, -0.2) is 4.98 Å². The average Bonchev–Trinajstić information content (AvgIpc) is 3.05. The van der Waals surface area contributed by atoms with Gasteiger partial charge in [0, 0.05) is 11.4 Å². The molecule has 2 rings (SSSR count). The number of thiazole rings is 1. The van der Waals surface area contributed by atoms with Crippen molar-refractivity contribution in [3.63, 3.8) is 0 Å². The molecule has 2 heterocycles. The molecule has 0 amide bonds. The Morgan fingerprint density at radius 1 is 1.52 bits per heavy atom. The van der Waals surface area contributed by atoms with E-state index in [1.807, 2.05) is 32.2 Å². The number of nitrogens with zero attached hydrogens (tertiary/aromatic N) is 2. The molecule has 0 atom stereocenters. The Bertz CT molecular complexity index is 619. The highest BCUT2D eigenvalue weighted by Crippen LogP contribution is 2.28. The number of carbonyl (C=O) groups excluding carboxylic acids is 1. The maximum atomic E-state index is 12.0. The predicted octanol–water partition coefficient (Wildman–Crippen LogP) is 2.89. The number of anilines is 1. The molecule has 2 aromatic heterocycles. The van der Waals surface area contributed by atoms with Gasteiger partial charge in [0.05, 0.1) is 24.5 Å². The minimum Gasteiger partial charge on any atom is -0.465 e. The molecule has 0 aliphatic heterocycles. The van der Waals surface area contributed by atoms with Crippen molar-refractivity contribution in [2.24, 2.45) is 0 Å². The van der Waals surface area contributed by atoms with E-state index in [4.69, 9.17) is 9.26 Å². The standard InChI is InChI=1S/C14H19N3O3S/c1-5-19-12(18)14(3,4)11-8-21-13(16-11)15-7-10-6-9(2)17-20-10/h6,8H,5,7H2,1-4H3,(H,15,16). The summed E-state index contributed by atoms with van der Waals surface area (Å²) in [5.74, 6) is 0.474. The quantitative estimate of drug-likeness (QED) is 0.827. The zero-order valence-electron chi connectivity index (χ0n) is 12.6. The van der Waals surface area contributed by atoms with Crippen LogP contribution in [0.1, 0.15) is 37.9 Å². The molecule has 2 aromatic rings. The van der Waals surface area contributed by atoms with E-state index in [-0.39, 0.29) is 5.97 Å². The van der Waals surface area contributed by atoms with E-state index in [1.54, 1.807) is 6.92 Å². The summed E-state index contributed by atoms with van der Waals surface area (Å²) >= 11 is 1.45. The first-order valence-corrected chi connectivity index (χ1v) is 7.60. The lowest BCUT2D eigenvalue weighted by Gasteiger charge is -2.19. The van der Waals surface area contributed by atoms with Crippen LogP contribution in [-0.2, 0) is 21.5 Å². The third-order valence-corrected chi connectivity index (χ3v) is 3.82. The number of hydrogen-bond acceptors (Lipinski definition) is 7. The monoisotopic (exact) mass is 309 g/mol. The summed E-state index contributed by atoms with van der Waals surface area (Å²) in [5, 5.41) is 9.58. The third-order valence-electron chi connectivity index (χ3n) is 3.02. The van der Waals surface area contributed by atoms with E-state index in [2.05, 4.69) is 15.5 Å². The lowest BCUT2D eigenvalue weighted by Crippen LogP contribution is -2.31. The fourth-order valence-corrected chi connectivity index (χ4v) is 2.60. The van der Waals surface area contributed by atoms with E-state index < -0.39 is 5.41 Å². The summed E-state index contributed by atoms with van der Waals surface area (Å²) < 4.78 is 10.2. The zero-order chi connectivity index (χ0) is 15.5. The van der Waals surface area contributed by atoms with Crippen molar-refractivity contribution in [2.45, 2.75) is 39.7 Å². The Hall–Kier alpha value is -1.89. The molecule has 114 valence electrons. The largest absolute Gasteiger partial charge is 0.465 e. The zero-order valence-corrected chi connectivity index (χ0v) is 13.4. The Morgan fingerprint density at radius 3 is 2.90 bits per heavy atom. The lowest BCUT2D eigenvalue weighted by molar-refractivity contribution is -0.148. The minimum absolute atomic E-state index is 0.271. The van der Waals surface area contributed by atoms with Gasteiger partial charge in [-0.1, -0.05) is 5.16 Å². The second-order valence-electron chi connectivity index (χ2n) is 5.17. The Morgan fingerprint density at radius 2 is 2.29 bits per heavy atom. The number of nitrogens with one attached hydrogen (secondary N) is 1. The molecule has 0 aliphatic carbocycles. The topological polar surface area (TPSA) is 77.2 Å².